The largest absolute Gasteiger partial charge is 0.374 e. The Morgan fingerprint density at radius 1 is 1.67 bits per heavy atom. The molecule has 2 N–H and O–H groups in total. The number of nitrogens with two attached hydrogens (primary N) is 1. The second-order valence-electron chi connectivity index (χ2n) is 1.48. The lowest BCUT2D eigenvalue weighted by Crippen LogP contribution is -1.79. The molecule has 0 saturated carbocycles. The zero-order chi connectivity index (χ0) is 7.11. The van der Waals surface area contributed by atoms with Crippen molar-refractivity contribution in [2.24, 2.45) is 0 Å². The fraction of sp³-hybridized carbons (Fsp3) is 0.600. The fourth-order valence-electron chi connectivity index (χ4n) is 0.182. The molecule has 0 unspecified atom stereocenters. The zero-order valence-electron chi connectivity index (χ0n) is 5.66. The Bertz CT molecular complexity index is 127. The quantitative estimate of drug-likeness (QED) is 0.602. The number of anilines is 1. The summed E-state index contributed by atoms with van der Waals surface area (Å²) in [4.78, 5) is 0. The predicted molar refractivity (Wildman–Crippen MR) is 40.3 cm³/mol. The number of aromatic nitrogens is 2. The van der Waals surface area contributed by atoms with Crippen LogP contribution in [-0.2, 0) is 0 Å². The number of nitrogens with zero attached hydrogens (tertiary/aromatic N) is 2. The van der Waals surface area contributed by atoms with E-state index in [-0.39, 0.29) is 0 Å². The summed E-state index contributed by atoms with van der Waals surface area (Å²) >= 11 is 1.33. The lowest BCUT2D eigenvalue weighted by atomic mass is 10.6. The first-order valence-corrected chi connectivity index (χ1v) is 3.70. The molecule has 0 aliphatic carbocycles. The molecule has 0 atom stereocenters. The summed E-state index contributed by atoms with van der Waals surface area (Å²) in [6.45, 7) is 4.25. The molecule has 0 fully saturated rings. The van der Waals surface area contributed by atoms with E-state index < -0.39 is 0 Å². The minimum absolute atomic E-state index is 0.523. The molecular weight excluding hydrogens is 134 g/mol. The van der Waals surface area contributed by atoms with Crippen molar-refractivity contribution in [3.63, 3.8) is 0 Å². The first-order chi connectivity index (χ1) is 4.31. The highest BCUT2D eigenvalue weighted by molar-refractivity contribution is 7.13. The molecular formula is C5H11N3S. The van der Waals surface area contributed by atoms with Crippen molar-refractivity contribution in [2.75, 3.05) is 5.73 Å². The molecule has 1 aromatic heterocycles. The van der Waals surface area contributed by atoms with E-state index in [0.717, 1.165) is 0 Å². The zero-order valence-corrected chi connectivity index (χ0v) is 6.48. The molecule has 4 heteroatoms. The number of nitrogen functional groups attached to an aromatic ring is 1. The van der Waals surface area contributed by atoms with Crippen LogP contribution < -0.4 is 5.73 Å². The van der Waals surface area contributed by atoms with E-state index in [9.17, 15) is 0 Å². The van der Waals surface area contributed by atoms with Gasteiger partial charge in [0.2, 0.25) is 5.13 Å². The smallest absolute Gasteiger partial charge is 0.202 e. The van der Waals surface area contributed by atoms with Gasteiger partial charge in [0, 0.05) is 0 Å². The lowest BCUT2D eigenvalue weighted by Gasteiger charge is -1.64. The third-order valence-electron chi connectivity index (χ3n) is 0.377. The summed E-state index contributed by atoms with van der Waals surface area (Å²) in [5, 5.41) is 7.45. The van der Waals surface area contributed by atoms with Gasteiger partial charge in [0.1, 0.15) is 5.51 Å². The van der Waals surface area contributed by atoms with Crippen molar-refractivity contribution < 1.29 is 0 Å². The Kier molecular flexibility index (Phi) is 5.11. The molecule has 0 aliphatic heterocycles. The van der Waals surface area contributed by atoms with Crippen molar-refractivity contribution in [1.29, 1.82) is 0 Å². The van der Waals surface area contributed by atoms with E-state index in [1.165, 1.54) is 17.8 Å². The van der Waals surface area contributed by atoms with Gasteiger partial charge in [-0.05, 0) is 0 Å². The SMILES string of the molecule is CCC.Nc1nncs1. The highest BCUT2D eigenvalue weighted by Crippen LogP contribution is 1.98. The molecule has 0 aromatic carbocycles. The second-order valence-corrected chi connectivity index (χ2v) is 2.35. The molecule has 1 heterocycles. The topological polar surface area (TPSA) is 51.8 Å². The van der Waals surface area contributed by atoms with Crippen LogP contribution in [0.2, 0.25) is 0 Å². The average Bonchev–Trinajstić information content (AvgIpc) is 2.20. The van der Waals surface area contributed by atoms with Gasteiger partial charge in [0.25, 0.3) is 0 Å². The fourth-order valence-corrected chi connectivity index (χ4v) is 0.478. The molecule has 3 nitrogen and oxygen atoms in total. The summed E-state index contributed by atoms with van der Waals surface area (Å²) in [7, 11) is 0. The van der Waals surface area contributed by atoms with Gasteiger partial charge in [-0.3, -0.25) is 0 Å². The molecule has 52 valence electrons. The third kappa shape index (κ3) is 5.23. The van der Waals surface area contributed by atoms with Gasteiger partial charge in [-0.2, -0.15) is 0 Å². The van der Waals surface area contributed by atoms with Crippen molar-refractivity contribution in [1.82, 2.24) is 10.2 Å². The van der Waals surface area contributed by atoms with Crippen LogP contribution >= 0.6 is 11.3 Å². The van der Waals surface area contributed by atoms with Crippen molar-refractivity contribution >= 4 is 16.5 Å². The summed E-state index contributed by atoms with van der Waals surface area (Å²) < 4.78 is 0. The van der Waals surface area contributed by atoms with Gasteiger partial charge in [-0.25, -0.2) is 0 Å². The van der Waals surface area contributed by atoms with Gasteiger partial charge in [-0.15, -0.1) is 10.2 Å². The lowest BCUT2D eigenvalue weighted by molar-refractivity contribution is 1.09. The van der Waals surface area contributed by atoms with Crippen LogP contribution in [-0.4, -0.2) is 10.2 Å². The highest BCUT2D eigenvalue weighted by atomic mass is 32.1. The van der Waals surface area contributed by atoms with E-state index in [1.54, 1.807) is 5.51 Å². The summed E-state index contributed by atoms with van der Waals surface area (Å²) in [5.41, 5.74) is 6.72. The molecule has 0 aliphatic rings. The van der Waals surface area contributed by atoms with Crippen LogP contribution in [0.5, 0.6) is 0 Å². The Morgan fingerprint density at radius 3 is 2.33 bits per heavy atom. The van der Waals surface area contributed by atoms with Gasteiger partial charge in [0.05, 0.1) is 0 Å². The standard InChI is InChI=1S/C3H8.C2H3N3S/c1-3-2;3-2-5-4-1-6-2/h3H2,1-2H3;1H,(H2,3,5). The van der Waals surface area contributed by atoms with Gasteiger partial charge < -0.3 is 5.73 Å². The molecule has 0 amide bonds. The Balaban J connectivity index is 0.000000187. The summed E-state index contributed by atoms with van der Waals surface area (Å²) in [5.74, 6) is 0. The van der Waals surface area contributed by atoms with Gasteiger partial charge in [0.15, 0.2) is 0 Å². The molecule has 0 spiro atoms. The maximum absolute atomic E-state index is 5.12. The third-order valence-corrected chi connectivity index (χ3v) is 0.900. The first-order valence-electron chi connectivity index (χ1n) is 2.82. The molecule has 1 aromatic rings. The van der Waals surface area contributed by atoms with Crippen molar-refractivity contribution in [3.8, 4) is 0 Å². The van der Waals surface area contributed by atoms with Gasteiger partial charge >= 0.3 is 0 Å². The van der Waals surface area contributed by atoms with E-state index in [2.05, 4.69) is 24.0 Å². The maximum atomic E-state index is 5.12. The Morgan fingerprint density at radius 2 is 2.22 bits per heavy atom. The normalized spacial score (nSPS) is 7.78. The van der Waals surface area contributed by atoms with E-state index >= 15 is 0 Å². The number of hydrogen-bond donors (Lipinski definition) is 1. The van der Waals surface area contributed by atoms with Crippen molar-refractivity contribution in [2.45, 2.75) is 20.3 Å². The first kappa shape index (κ1) is 8.36. The van der Waals surface area contributed by atoms with E-state index in [0.29, 0.717) is 5.13 Å². The van der Waals surface area contributed by atoms with Crippen molar-refractivity contribution in [3.05, 3.63) is 5.51 Å². The van der Waals surface area contributed by atoms with E-state index in [1.807, 2.05) is 0 Å². The summed E-state index contributed by atoms with van der Waals surface area (Å²) in [6.07, 6.45) is 1.25. The minimum atomic E-state index is 0.523. The van der Waals surface area contributed by atoms with Crippen LogP contribution in [0, 0.1) is 0 Å². The Hall–Kier alpha value is -0.640. The predicted octanol–water partition coefficient (Wildman–Crippen LogP) is 1.54. The Labute approximate surface area is 58.9 Å². The summed E-state index contributed by atoms with van der Waals surface area (Å²) in [6, 6.07) is 0. The number of rotatable bonds is 0. The molecule has 9 heavy (non-hydrogen) atoms. The van der Waals surface area contributed by atoms with Crippen LogP contribution in [0.3, 0.4) is 0 Å². The van der Waals surface area contributed by atoms with Crippen LogP contribution in [0.4, 0.5) is 5.13 Å². The van der Waals surface area contributed by atoms with Crippen LogP contribution in [0.25, 0.3) is 0 Å². The van der Waals surface area contributed by atoms with E-state index in [4.69, 9.17) is 5.73 Å². The average molecular weight is 145 g/mol. The van der Waals surface area contributed by atoms with Crippen LogP contribution in [0.1, 0.15) is 20.3 Å². The van der Waals surface area contributed by atoms with Crippen LogP contribution in [0.15, 0.2) is 5.51 Å². The molecule has 1 rings (SSSR count). The van der Waals surface area contributed by atoms with Gasteiger partial charge in [-0.1, -0.05) is 31.6 Å². The second kappa shape index (κ2) is 5.50. The molecule has 0 saturated heterocycles. The highest BCUT2D eigenvalue weighted by Gasteiger charge is 1.78. The minimum Gasteiger partial charge on any atom is -0.374 e. The molecule has 0 radical (unpaired) electrons. The molecule has 0 bridgehead atoms. The maximum Gasteiger partial charge on any atom is 0.202 e. The monoisotopic (exact) mass is 145 g/mol. The number of hydrogen-bond acceptors (Lipinski definition) is 4.